The summed E-state index contributed by atoms with van der Waals surface area (Å²) in [5, 5.41) is 20.2. The SMILES string of the molecule is CC(C(=O)O)N(C)C(=O)Nc1ccc(C#N)c(Cl)c1. The number of carboxylic acids is 1. The van der Waals surface area contributed by atoms with Crippen LogP contribution in [0.2, 0.25) is 5.02 Å². The Morgan fingerprint density at radius 1 is 1.53 bits per heavy atom. The van der Waals surface area contributed by atoms with E-state index in [0.717, 1.165) is 4.90 Å². The van der Waals surface area contributed by atoms with Gasteiger partial charge in [0.1, 0.15) is 12.1 Å². The average Bonchev–Trinajstić information content (AvgIpc) is 2.37. The molecular weight excluding hydrogens is 270 g/mol. The van der Waals surface area contributed by atoms with E-state index in [-0.39, 0.29) is 5.02 Å². The van der Waals surface area contributed by atoms with Crippen LogP contribution >= 0.6 is 11.6 Å². The Kier molecular flexibility index (Phi) is 4.73. The van der Waals surface area contributed by atoms with E-state index in [1.54, 1.807) is 0 Å². The van der Waals surface area contributed by atoms with Crippen molar-refractivity contribution in [2.75, 3.05) is 12.4 Å². The van der Waals surface area contributed by atoms with Gasteiger partial charge in [0.25, 0.3) is 0 Å². The van der Waals surface area contributed by atoms with Crippen LogP contribution in [0.15, 0.2) is 18.2 Å². The highest BCUT2D eigenvalue weighted by molar-refractivity contribution is 6.32. The number of benzene rings is 1. The Hall–Kier alpha value is -2.26. The molecule has 0 saturated carbocycles. The maximum atomic E-state index is 11.8. The number of nitriles is 1. The highest BCUT2D eigenvalue weighted by Gasteiger charge is 2.21. The molecule has 0 aliphatic rings. The Morgan fingerprint density at radius 3 is 2.63 bits per heavy atom. The lowest BCUT2D eigenvalue weighted by Crippen LogP contribution is -2.42. The first-order valence-electron chi connectivity index (χ1n) is 5.33. The molecule has 7 heteroatoms. The smallest absolute Gasteiger partial charge is 0.326 e. The molecule has 1 aromatic rings. The zero-order valence-corrected chi connectivity index (χ0v) is 11.1. The van der Waals surface area contributed by atoms with Crippen LogP contribution in [-0.4, -0.2) is 35.1 Å². The number of rotatable bonds is 3. The summed E-state index contributed by atoms with van der Waals surface area (Å²) in [5.41, 5.74) is 0.686. The number of likely N-dealkylation sites (N-methyl/N-ethyl adjacent to an activating group) is 1. The van der Waals surface area contributed by atoms with Crippen molar-refractivity contribution in [2.45, 2.75) is 13.0 Å². The van der Waals surface area contributed by atoms with Gasteiger partial charge in [-0.2, -0.15) is 5.26 Å². The Morgan fingerprint density at radius 2 is 2.16 bits per heavy atom. The van der Waals surface area contributed by atoms with Crippen molar-refractivity contribution in [3.63, 3.8) is 0 Å². The third kappa shape index (κ3) is 3.60. The second-order valence-corrected chi connectivity index (χ2v) is 4.27. The van der Waals surface area contributed by atoms with Crippen LogP contribution in [0.5, 0.6) is 0 Å². The second kappa shape index (κ2) is 6.07. The molecule has 0 heterocycles. The molecule has 0 spiro atoms. The summed E-state index contributed by atoms with van der Waals surface area (Å²) in [6.45, 7) is 1.40. The monoisotopic (exact) mass is 281 g/mol. The predicted molar refractivity (Wildman–Crippen MR) is 70.0 cm³/mol. The highest BCUT2D eigenvalue weighted by atomic mass is 35.5. The van der Waals surface area contributed by atoms with Gasteiger partial charge >= 0.3 is 12.0 Å². The van der Waals surface area contributed by atoms with Gasteiger partial charge in [0.15, 0.2) is 0 Å². The first-order valence-corrected chi connectivity index (χ1v) is 5.71. The highest BCUT2D eigenvalue weighted by Crippen LogP contribution is 2.20. The number of hydrogen-bond acceptors (Lipinski definition) is 3. The summed E-state index contributed by atoms with van der Waals surface area (Å²) in [4.78, 5) is 23.6. The number of carboxylic acid groups (broad SMARTS) is 1. The number of nitrogens with one attached hydrogen (secondary N) is 1. The van der Waals surface area contributed by atoms with Gasteiger partial charge < -0.3 is 15.3 Å². The van der Waals surface area contributed by atoms with Crippen molar-refractivity contribution in [2.24, 2.45) is 0 Å². The summed E-state index contributed by atoms with van der Waals surface area (Å²) in [7, 11) is 1.37. The summed E-state index contributed by atoms with van der Waals surface area (Å²) >= 11 is 5.82. The molecule has 1 rings (SSSR count). The van der Waals surface area contributed by atoms with Gasteiger partial charge in [-0.3, -0.25) is 0 Å². The van der Waals surface area contributed by atoms with Crippen molar-refractivity contribution in [1.82, 2.24) is 4.90 Å². The van der Waals surface area contributed by atoms with Gasteiger partial charge in [0.05, 0.1) is 10.6 Å². The Bertz CT molecular complexity index is 554. The molecule has 0 saturated heterocycles. The van der Waals surface area contributed by atoms with Crippen LogP contribution in [0, 0.1) is 11.3 Å². The van der Waals surface area contributed by atoms with Crippen molar-refractivity contribution in [1.29, 1.82) is 5.26 Å². The van der Waals surface area contributed by atoms with E-state index >= 15 is 0 Å². The van der Waals surface area contributed by atoms with Gasteiger partial charge in [-0.1, -0.05) is 11.6 Å². The number of aliphatic carboxylic acids is 1. The van der Waals surface area contributed by atoms with E-state index in [9.17, 15) is 9.59 Å². The number of hydrogen-bond donors (Lipinski definition) is 2. The number of anilines is 1. The van der Waals surface area contributed by atoms with Crippen molar-refractivity contribution < 1.29 is 14.7 Å². The van der Waals surface area contributed by atoms with Crippen LogP contribution in [0.25, 0.3) is 0 Å². The number of amides is 2. The molecule has 2 N–H and O–H groups in total. The predicted octanol–water partition coefficient (Wildman–Crippen LogP) is 2.15. The molecule has 19 heavy (non-hydrogen) atoms. The average molecular weight is 282 g/mol. The number of carbonyl (C=O) groups is 2. The minimum Gasteiger partial charge on any atom is -0.480 e. The number of halogens is 1. The van der Waals surface area contributed by atoms with Gasteiger partial charge in [0, 0.05) is 12.7 Å². The van der Waals surface area contributed by atoms with Crippen LogP contribution in [0.4, 0.5) is 10.5 Å². The maximum absolute atomic E-state index is 11.8. The van der Waals surface area contributed by atoms with Crippen molar-refractivity contribution in [3.8, 4) is 6.07 Å². The van der Waals surface area contributed by atoms with Gasteiger partial charge in [-0.15, -0.1) is 0 Å². The second-order valence-electron chi connectivity index (χ2n) is 3.86. The van der Waals surface area contributed by atoms with Crippen molar-refractivity contribution in [3.05, 3.63) is 28.8 Å². The van der Waals surface area contributed by atoms with Gasteiger partial charge in [-0.25, -0.2) is 9.59 Å². The lowest BCUT2D eigenvalue weighted by atomic mass is 10.2. The summed E-state index contributed by atoms with van der Waals surface area (Å²) < 4.78 is 0. The molecule has 0 radical (unpaired) electrons. The van der Waals surface area contributed by atoms with E-state index in [1.165, 1.54) is 32.2 Å². The molecule has 6 nitrogen and oxygen atoms in total. The fourth-order valence-electron chi connectivity index (χ4n) is 1.24. The number of urea groups is 1. The summed E-state index contributed by atoms with van der Waals surface area (Å²) in [5.74, 6) is -1.10. The van der Waals surface area contributed by atoms with Gasteiger partial charge in [0.2, 0.25) is 0 Å². The lowest BCUT2D eigenvalue weighted by molar-refractivity contribution is -0.141. The fraction of sp³-hybridized carbons (Fsp3) is 0.250. The minimum atomic E-state index is -1.10. The molecule has 1 aromatic carbocycles. The molecule has 100 valence electrons. The van der Waals surface area contributed by atoms with Crippen LogP contribution in [0.1, 0.15) is 12.5 Å². The Balaban J connectivity index is 2.80. The fourth-order valence-corrected chi connectivity index (χ4v) is 1.46. The number of nitrogens with zero attached hydrogens (tertiary/aromatic N) is 2. The van der Waals surface area contributed by atoms with E-state index in [0.29, 0.717) is 11.3 Å². The standard InChI is InChI=1S/C12H12ClN3O3/c1-7(11(17)18)16(2)12(19)15-9-4-3-8(6-14)10(13)5-9/h3-5,7H,1-2H3,(H,15,19)(H,17,18). The molecule has 0 bridgehead atoms. The van der Waals surface area contributed by atoms with Crippen LogP contribution < -0.4 is 5.32 Å². The van der Waals surface area contributed by atoms with Crippen LogP contribution in [0.3, 0.4) is 0 Å². The maximum Gasteiger partial charge on any atom is 0.326 e. The molecular formula is C12H12ClN3O3. The van der Waals surface area contributed by atoms with E-state index < -0.39 is 18.0 Å². The van der Waals surface area contributed by atoms with E-state index in [4.69, 9.17) is 22.0 Å². The molecule has 0 aromatic heterocycles. The third-order valence-electron chi connectivity index (χ3n) is 2.60. The molecule has 1 atom stereocenters. The molecule has 0 aliphatic heterocycles. The normalized spacial score (nSPS) is 11.3. The first kappa shape index (κ1) is 14.8. The Labute approximate surface area is 115 Å². The van der Waals surface area contributed by atoms with Gasteiger partial charge in [-0.05, 0) is 25.1 Å². The quantitative estimate of drug-likeness (QED) is 0.887. The van der Waals surface area contributed by atoms with E-state index in [2.05, 4.69) is 5.32 Å². The molecule has 0 aliphatic carbocycles. The zero-order chi connectivity index (χ0) is 14.6. The summed E-state index contributed by atoms with van der Waals surface area (Å²) in [6, 6.07) is 4.79. The molecule has 2 amide bonds. The topological polar surface area (TPSA) is 93.4 Å². The third-order valence-corrected chi connectivity index (χ3v) is 2.91. The van der Waals surface area contributed by atoms with Crippen LogP contribution in [-0.2, 0) is 4.79 Å². The molecule has 0 fully saturated rings. The first-order chi connectivity index (χ1) is 8.86. The van der Waals surface area contributed by atoms with E-state index in [1.807, 2.05) is 6.07 Å². The zero-order valence-electron chi connectivity index (χ0n) is 10.3. The van der Waals surface area contributed by atoms with Crippen molar-refractivity contribution >= 4 is 29.3 Å². The minimum absolute atomic E-state index is 0.217. The number of carbonyl (C=O) groups excluding carboxylic acids is 1. The largest absolute Gasteiger partial charge is 0.480 e. The molecule has 1 unspecified atom stereocenters. The summed E-state index contributed by atoms with van der Waals surface area (Å²) in [6.07, 6.45) is 0. The lowest BCUT2D eigenvalue weighted by Gasteiger charge is -2.21.